The Labute approximate surface area is 117 Å². The normalized spacial score (nSPS) is 36.7. The number of morpholine rings is 1. The van der Waals surface area contributed by atoms with Gasteiger partial charge in [0.1, 0.15) is 0 Å². The monoisotopic (exact) mass is 283 g/mol. The fourth-order valence-electron chi connectivity index (χ4n) is 3.85. The number of carbonyl (C=O) groups excluding carboxylic acids is 1. The molecule has 2 aliphatic heterocycles. The first-order valence-electron chi connectivity index (χ1n) is 7.15. The third-order valence-electron chi connectivity index (χ3n) is 5.07. The van der Waals surface area contributed by atoms with Crippen LogP contribution in [0.25, 0.3) is 0 Å². The first-order valence-corrected chi connectivity index (χ1v) is 7.15. The molecule has 3 rings (SSSR count). The van der Waals surface area contributed by atoms with Crippen LogP contribution in [0.3, 0.4) is 0 Å². The zero-order valence-corrected chi connectivity index (χ0v) is 11.5. The molecule has 112 valence electrons. The minimum Gasteiger partial charge on any atom is -0.465 e. The maximum Gasteiger partial charge on any atom is 0.407 e. The summed E-state index contributed by atoms with van der Waals surface area (Å²) in [5.74, 6) is -0.205. The van der Waals surface area contributed by atoms with Gasteiger partial charge in [0.05, 0.1) is 24.7 Å². The summed E-state index contributed by atoms with van der Waals surface area (Å²) in [5.41, 5.74) is 4.95. The number of piperidine rings is 1. The van der Waals surface area contributed by atoms with Crippen LogP contribution in [0.5, 0.6) is 0 Å². The van der Waals surface area contributed by atoms with E-state index in [1.165, 1.54) is 4.90 Å². The zero-order chi connectivity index (χ0) is 14.3. The lowest BCUT2D eigenvalue weighted by atomic mass is 9.92. The lowest BCUT2D eigenvalue weighted by Crippen LogP contribution is -2.47. The molecule has 1 aliphatic carbocycles. The molecule has 7 nitrogen and oxygen atoms in total. The van der Waals surface area contributed by atoms with Crippen LogP contribution in [0.2, 0.25) is 0 Å². The Hall–Kier alpha value is -1.34. The van der Waals surface area contributed by atoms with Gasteiger partial charge in [0.2, 0.25) is 5.91 Å². The summed E-state index contributed by atoms with van der Waals surface area (Å²) in [4.78, 5) is 26.8. The molecule has 0 radical (unpaired) electrons. The molecule has 0 aromatic rings. The molecule has 2 heterocycles. The number of primary amides is 1. The highest BCUT2D eigenvalue weighted by Gasteiger charge is 2.70. The van der Waals surface area contributed by atoms with E-state index in [1.807, 2.05) is 0 Å². The van der Waals surface area contributed by atoms with Crippen LogP contribution in [0, 0.1) is 11.3 Å². The molecule has 3 N–H and O–H groups in total. The molecular formula is C13H21N3O4. The number of fused-ring (bicyclic) bond motifs is 1. The molecule has 2 amide bonds. The van der Waals surface area contributed by atoms with Crippen molar-refractivity contribution < 1.29 is 19.4 Å². The highest BCUT2D eigenvalue weighted by atomic mass is 16.5. The Morgan fingerprint density at radius 1 is 1.35 bits per heavy atom. The van der Waals surface area contributed by atoms with Crippen molar-refractivity contribution in [3.05, 3.63) is 0 Å². The maximum atomic E-state index is 11.8. The van der Waals surface area contributed by atoms with Gasteiger partial charge >= 0.3 is 6.09 Å². The van der Waals surface area contributed by atoms with E-state index in [-0.39, 0.29) is 17.9 Å². The molecule has 3 fully saturated rings. The third kappa shape index (κ3) is 2.05. The van der Waals surface area contributed by atoms with Crippen molar-refractivity contribution >= 4 is 12.0 Å². The Kier molecular flexibility index (Phi) is 3.33. The highest BCUT2D eigenvalue weighted by molar-refractivity contribution is 5.87. The van der Waals surface area contributed by atoms with E-state index in [2.05, 4.69) is 4.90 Å². The fourth-order valence-corrected chi connectivity index (χ4v) is 3.85. The smallest absolute Gasteiger partial charge is 0.407 e. The highest BCUT2D eigenvalue weighted by Crippen LogP contribution is 2.62. The van der Waals surface area contributed by atoms with E-state index in [9.17, 15) is 14.7 Å². The molecule has 3 aliphatic rings. The predicted octanol–water partition coefficient (Wildman–Crippen LogP) is -0.437. The molecule has 1 saturated carbocycles. The first-order chi connectivity index (χ1) is 9.55. The van der Waals surface area contributed by atoms with E-state index in [1.54, 1.807) is 0 Å². The molecule has 0 aromatic carbocycles. The summed E-state index contributed by atoms with van der Waals surface area (Å²) < 4.78 is 5.30. The predicted molar refractivity (Wildman–Crippen MR) is 70.1 cm³/mol. The van der Waals surface area contributed by atoms with E-state index < -0.39 is 11.5 Å². The van der Waals surface area contributed by atoms with Gasteiger partial charge < -0.3 is 20.5 Å². The van der Waals surface area contributed by atoms with Gasteiger partial charge in [-0.25, -0.2) is 4.79 Å². The number of rotatable bonds is 4. The second-order valence-electron chi connectivity index (χ2n) is 6.00. The summed E-state index contributed by atoms with van der Waals surface area (Å²) in [6.07, 6.45) is 0.482. The molecule has 2 saturated heterocycles. The molecule has 0 spiro atoms. The fraction of sp³-hybridized carbons (Fsp3) is 0.846. The van der Waals surface area contributed by atoms with Crippen LogP contribution >= 0.6 is 0 Å². The van der Waals surface area contributed by atoms with Gasteiger partial charge in [-0.05, 0) is 18.8 Å². The van der Waals surface area contributed by atoms with E-state index in [0.29, 0.717) is 13.0 Å². The number of amides is 2. The Morgan fingerprint density at radius 2 is 2.05 bits per heavy atom. The maximum absolute atomic E-state index is 11.8. The molecule has 0 aromatic heterocycles. The largest absolute Gasteiger partial charge is 0.465 e. The van der Waals surface area contributed by atoms with Crippen LogP contribution in [0.15, 0.2) is 0 Å². The van der Waals surface area contributed by atoms with Crippen LogP contribution in [0.1, 0.15) is 12.8 Å². The number of carbonyl (C=O) groups is 2. The van der Waals surface area contributed by atoms with Crippen molar-refractivity contribution in [1.29, 1.82) is 0 Å². The van der Waals surface area contributed by atoms with Gasteiger partial charge in [-0.15, -0.1) is 0 Å². The van der Waals surface area contributed by atoms with E-state index in [0.717, 1.165) is 39.3 Å². The Morgan fingerprint density at radius 3 is 2.65 bits per heavy atom. The zero-order valence-electron chi connectivity index (χ0n) is 11.5. The third-order valence-corrected chi connectivity index (χ3v) is 5.07. The lowest BCUT2D eigenvalue weighted by Gasteiger charge is -2.32. The van der Waals surface area contributed by atoms with Gasteiger partial charge in [0, 0.05) is 26.2 Å². The molecule has 7 heteroatoms. The SMILES string of the molecule is NC(=O)C12CC1CN(C(=O)O)C2CCN1CCOCC1. The average molecular weight is 283 g/mol. The van der Waals surface area contributed by atoms with E-state index in [4.69, 9.17) is 10.5 Å². The van der Waals surface area contributed by atoms with Crippen molar-refractivity contribution in [2.24, 2.45) is 17.1 Å². The molecular weight excluding hydrogens is 262 g/mol. The van der Waals surface area contributed by atoms with E-state index >= 15 is 0 Å². The minimum atomic E-state index is -0.940. The van der Waals surface area contributed by atoms with Gasteiger partial charge in [-0.3, -0.25) is 9.69 Å². The second-order valence-corrected chi connectivity index (χ2v) is 6.00. The van der Waals surface area contributed by atoms with Crippen molar-refractivity contribution in [2.45, 2.75) is 18.9 Å². The summed E-state index contributed by atoms with van der Waals surface area (Å²) >= 11 is 0. The van der Waals surface area contributed by atoms with Crippen LogP contribution < -0.4 is 5.73 Å². The molecule has 0 bridgehead atoms. The number of ether oxygens (including phenoxy) is 1. The minimum absolute atomic E-state index is 0.130. The second kappa shape index (κ2) is 4.89. The van der Waals surface area contributed by atoms with Crippen molar-refractivity contribution in [2.75, 3.05) is 39.4 Å². The molecule has 3 unspecified atom stereocenters. The number of nitrogens with zero attached hydrogens (tertiary/aromatic N) is 2. The Bertz CT molecular complexity index is 424. The number of carboxylic acid groups (broad SMARTS) is 1. The van der Waals surface area contributed by atoms with Crippen molar-refractivity contribution in [1.82, 2.24) is 9.80 Å². The number of nitrogens with two attached hydrogens (primary N) is 1. The molecule has 3 atom stereocenters. The topological polar surface area (TPSA) is 96.1 Å². The van der Waals surface area contributed by atoms with Gasteiger partial charge in [-0.1, -0.05) is 0 Å². The van der Waals surface area contributed by atoms with Gasteiger partial charge in [0.15, 0.2) is 0 Å². The summed E-state index contributed by atoms with van der Waals surface area (Å²) in [5, 5.41) is 9.30. The van der Waals surface area contributed by atoms with Crippen molar-refractivity contribution in [3.63, 3.8) is 0 Å². The Balaban J connectivity index is 1.67. The van der Waals surface area contributed by atoms with Crippen molar-refractivity contribution in [3.8, 4) is 0 Å². The number of hydrogen-bond donors (Lipinski definition) is 2. The van der Waals surface area contributed by atoms with Gasteiger partial charge in [-0.2, -0.15) is 0 Å². The molecule has 20 heavy (non-hydrogen) atoms. The summed E-state index contributed by atoms with van der Waals surface area (Å²) in [7, 11) is 0. The quantitative estimate of drug-likeness (QED) is 0.729. The number of likely N-dealkylation sites (tertiary alicyclic amines) is 1. The lowest BCUT2D eigenvalue weighted by molar-refractivity contribution is -0.124. The average Bonchev–Trinajstić information content (AvgIpc) is 3.07. The van der Waals surface area contributed by atoms with Crippen LogP contribution in [0.4, 0.5) is 4.79 Å². The van der Waals surface area contributed by atoms with Crippen LogP contribution in [-0.4, -0.2) is 72.3 Å². The summed E-state index contributed by atoms with van der Waals surface area (Å²) in [6.45, 7) is 4.42. The van der Waals surface area contributed by atoms with Gasteiger partial charge in [0.25, 0.3) is 0 Å². The standard InChI is InChI=1S/C13H21N3O4/c14-11(17)13-7-9(13)8-16(12(18)19)10(13)1-2-15-3-5-20-6-4-15/h9-10H,1-8H2,(H2,14,17)(H,18,19). The first kappa shape index (κ1) is 13.6. The summed E-state index contributed by atoms with van der Waals surface area (Å²) in [6, 6.07) is -0.259. The van der Waals surface area contributed by atoms with Crippen LogP contribution in [-0.2, 0) is 9.53 Å². The number of hydrogen-bond acceptors (Lipinski definition) is 4.